The van der Waals surface area contributed by atoms with Crippen molar-refractivity contribution in [1.82, 2.24) is 0 Å². The molecule has 2 rings (SSSR count). The molecule has 2 saturated carbocycles. The third-order valence-electron chi connectivity index (χ3n) is 4.99. The van der Waals surface area contributed by atoms with Gasteiger partial charge < -0.3 is 0 Å². The molecule has 0 N–H and O–H groups in total. The van der Waals surface area contributed by atoms with Crippen molar-refractivity contribution < 1.29 is 17.4 Å². The van der Waals surface area contributed by atoms with Crippen LogP contribution in [0.3, 0.4) is 0 Å². The molecule has 0 spiro atoms. The first-order valence-corrected chi connectivity index (χ1v) is 9.20. The molecule has 2 aliphatic carbocycles. The zero-order chi connectivity index (χ0) is 14.5. The van der Waals surface area contributed by atoms with Gasteiger partial charge in [-0.1, -0.05) is 36.7 Å². The van der Waals surface area contributed by atoms with Crippen molar-refractivity contribution in [2.24, 2.45) is 17.3 Å². The van der Waals surface area contributed by atoms with Crippen molar-refractivity contribution in [1.29, 1.82) is 0 Å². The molecule has 0 radical (unpaired) electrons. The van der Waals surface area contributed by atoms with Crippen molar-refractivity contribution in [2.75, 3.05) is 11.9 Å². The van der Waals surface area contributed by atoms with Crippen LogP contribution in [0, 0.1) is 17.3 Å². The van der Waals surface area contributed by atoms with Crippen LogP contribution < -0.4 is 0 Å². The number of Topliss-reactive ketones (excluding diaryl/α,β-unsaturated/α-hetero) is 1. The van der Waals surface area contributed by atoms with E-state index in [1.54, 1.807) is 0 Å². The average Bonchev–Trinajstić information content (AvgIpc) is 2.70. The van der Waals surface area contributed by atoms with Crippen LogP contribution in [-0.2, 0) is 19.1 Å². The van der Waals surface area contributed by atoms with E-state index in [9.17, 15) is 13.2 Å². The lowest BCUT2D eigenvalue weighted by molar-refractivity contribution is -0.121. The Kier molecular flexibility index (Phi) is 3.91. The van der Waals surface area contributed by atoms with Gasteiger partial charge in [-0.3, -0.25) is 8.98 Å². The molecule has 3 atom stereocenters. The van der Waals surface area contributed by atoms with Crippen LogP contribution in [0.15, 0.2) is 0 Å². The Morgan fingerprint density at radius 2 is 2.11 bits per heavy atom. The normalized spacial score (nSPS) is 34.7. The van der Waals surface area contributed by atoms with E-state index >= 15 is 0 Å². The van der Waals surface area contributed by atoms with Crippen LogP contribution >= 0.6 is 15.9 Å². The number of halogens is 1. The van der Waals surface area contributed by atoms with Crippen LogP contribution in [0.1, 0.15) is 40.0 Å². The van der Waals surface area contributed by atoms with Crippen molar-refractivity contribution in [3.8, 4) is 0 Å². The highest BCUT2D eigenvalue weighted by molar-refractivity contribution is 9.09. The lowest BCUT2D eigenvalue weighted by Gasteiger charge is -2.35. The molecule has 0 saturated heterocycles. The molecule has 0 aliphatic heterocycles. The van der Waals surface area contributed by atoms with Crippen molar-refractivity contribution in [3.63, 3.8) is 0 Å². The zero-order valence-electron chi connectivity index (χ0n) is 11.6. The Labute approximate surface area is 123 Å². The molecule has 19 heavy (non-hydrogen) atoms. The van der Waals surface area contributed by atoms with Crippen LogP contribution in [0.25, 0.3) is 0 Å². The number of carbonyl (C=O) groups is 1. The lowest BCUT2D eigenvalue weighted by Crippen LogP contribution is -2.51. The number of rotatable bonds is 5. The highest BCUT2D eigenvalue weighted by Crippen LogP contribution is 2.62. The lowest BCUT2D eigenvalue weighted by atomic mass is 9.81. The minimum atomic E-state index is -3.86. The van der Waals surface area contributed by atoms with E-state index in [0.717, 1.165) is 6.42 Å². The van der Waals surface area contributed by atoms with Gasteiger partial charge in [0.05, 0.1) is 6.61 Å². The largest absolute Gasteiger partial charge is 0.298 e. The molecular weight excluding hydrogens is 332 g/mol. The molecule has 0 aromatic heterocycles. The number of ketones is 1. The van der Waals surface area contributed by atoms with E-state index in [-0.39, 0.29) is 24.2 Å². The van der Waals surface area contributed by atoms with Crippen LogP contribution in [0.5, 0.6) is 0 Å². The molecule has 0 amide bonds. The van der Waals surface area contributed by atoms with Gasteiger partial charge in [0.1, 0.15) is 0 Å². The van der Waals surface area contributed by atoms with E-state index in [4.69, 9.17) is 4.18 Å². The standard InChI is InChI=1S/C13H21BrO4S/c1-9(7-14)8-18-19(16,17)13-5-4-10(6-11(13)15)12(13,2)3/h9-10H,4-8H2,1-3H3/t9-,10?,13?/m0/s1. The second-order valence-corrected chi connectivity index (χ2v) is 8.90. The third-order valence-corrected chi connectivity index (χ3v) is 8.35. The van der Waals surface area contributed by atoms with E-state index in [1.165, 1.54) is 0 Å². The maximum Gasteiger partial charge on any atom is 0.280 e. The molecule has 2 aliphatic rings. The van der Waals surface area contributed by atoms with Gasteiger partial charge in [0.2, 0.25) is 0 Å². The molecule has 2 unspecified atom stereocenters. The highest BCUT2D eigenvalue weighted by atomic mass is 79.9. The smallest absolute Gasteiger partial charge is 0.280 e. The van der Waals surface area contributed by atoms with Gasteiger partial charge in [-0.15, -0.1) is 0 Å². The fourth-order valence-corrected chi connectivity index (χ4v) is 5.91. The third kappa shape index (κ3) is 2.02. The predicted molar refractivity (Wildman–Crippen MR) is 76.7 cm³/mol. The van der Waals surface area contributed by atoms with E-state index < -0.39 is 20.3 Å². The second-order valence-electron chi connectivity index (χ2n) is 6.41. The summed E-state index contributed by atoms with van der Waals surface area (Å²) in [5.41, 5.74) is -0.513. The van der Waals surface area contributed by atoms with Gasteiger partial charge in [-0.2, -0.15) is 8.42 Å². The molecule has 2 fully saturated rings. The molecule has 110 valence electrons. The number of hydrogen-bond acceptors (Lipinski definition) is 4. The fourth-order valence-electron chi connectivity index (χ4n) is 3.57. The summed E-state index contributed by atoms with van der Waals surface area (Å²) in [4.78, 5) is 12.3. The molecule has 0 aromatic carbocycles. The predicted octanol–water partition coefficient (Wildman–Crippen LogP) is 2.51. The Morgan fingerprint density at radius 1 is 1.47 bits per heavy atom. The average molecular weight is 353 g/mol. The number of alkyl halides is 1. The highest BCUT2D eigenvalue weighted by Gasteiger charge is 2.71. The first kappa shape index (κ1) is 15.4. The SMILES string of the molecule is C[C@@H](CBr)COS(=O)(=O)C12CCC(CC1=O)C2(C)C. The molecule has 0 aromatic rings. The van der Waals surface area contributed by atoms with Gasteiger partial charge in [0.15, 0.2) is 10.5 Å². The van der Waals surface area contributed by atoms with E-state index in [2.05, 4.69) is 15.9 Å². The van der Waals surface area contributed by atoms with Gasteiger partial charge in [-0.05, 0) is 30.1 Å². The molecular formula is C13H21BrO4S. The van der Waals surface area contributed by atoms with Crippen LogP contribution in [0.2, 0.25) is 0 Å². The van der Waals surface area contributed by atoms with Gasteiger partial charge in [0.25, 0.3) is 10.1 Å². The Bertz CT molecular complexity index is 485. The van der Waals surface area contributed by atoms with Gasteiger partial charge in [-0.25, -0.2) is 0 Å². The Morgan fingerprint density at radius 3 is 2.53 bits per heavy atom. The molecule has 2 bridgehead atoms. The minimum absolute atomic E-state index is 0.1000. The summed E-state index contributed by atoms with van der Waals surface area (Å²) in [5, 5.41) is 0.676. The fraction of sp³-hybridized carbons (Fsp3) is 0.923. The topological polar surface area (TPSA) is 60.4 Å². The second kappa shape index (κ2) is 4.81. The first-order valence-electron chi connectivity index (χ1n) is 6.67. The van der Waals surface area contributed by atoms with Crippen molar-refractivity contribution in [2.45, 2.75) is 44.8 Å². The van der Waals surface area contributed by atoms with Crippen LogP contribution in [-0.4, -0.2) is 30.9 Å². The zero-order valence-corrected chi connectivity index (χ0v) is 14.0. The monoisotopic (exact) mass is 352 g/mol. The number of hydrogen-bond donors (Lipinski definition) is 0. The maximum absolute atomic E-state index is 12.6. The first-order chi connectivity index (χ1) is 8.69. The number of carbonyl (C=O) groups excluding carboxylic acids is 1. The summed E-state index contributed by atoms with van der Waals surface area (Å²) >= 11 is 3.30. The summed E-state index contributed by atoms with van der Waals surface area (Å²) in [6, 6.07) is 0. The van der Waals surface area contributed by atoms with Crippen molar-refractivity contribution in [3.05, 3.63) is 0 Å². The summed E-state index contributed by atoms with van der Waals surface area (Å²) < 4.78 is 29.1. The molecule has 6 heteroatoms. The number of fused-ring (bicyclic) bond motifs is 2. The Hall–Kier alpha value is 0.0600. The summed E-state index contributed by atoms with van der Waals surface area (Å²) in [6.07, 6.45) is 1.59. The van der Waals surface area contributed by atoms with Gasteiger partial charge in [0, 0.05) is 11.8 Å². The quantitative estimate of drug-likeness (QED) is 0.563. The maximum atomic E-state index is 12.6. The van der Waals surface area contributed by atoms with Gasteiger partial charge >= 0.3 is 0 Å². The summed E-state index contributed by atoms with van der Waals surface area (Å²) in [7, 11) is -3.86. The Balaban J connectivity index is 2.31. The minimum Gasteiger partial charge on any atom is -0.298 e. The molecule has 4 nitrogen and oxygen atoms in total. The summed E-state index contributed by atoms with van der Waals surface area (Å²) in [6.45, 7) is 5.82. The van der Waals surface area contributed by atoms with Crippen LogP contribution in [0.4, 0.5) is 0 Å². The van der Waals surface area contributed by atoms with E-state index in [1.807, 2.05) is 20.8 Å². The van der Waals surface area contributed by atoms with Crippen molar-refractivity contribution >= 4 is 31.8 Å². The molecule has 0 heterocycles. The van der Waals surface area contributed by atoms with E-state index in [0.29, 0.717) is 18.2 Å². The summed E-state index contributed by atoms with van der Waals surface area (Å²) in [5.74, 6) is 0.121.